The van der Waals surface area contributed by atoms with Crippen molar-refractivity contribution in [3.8, 4) is 22.5 Å². The van der Waals surface area contributed by atoms with Crippen molar-refractivity contribution in [2.45, 2.75) is 40.5 Å². The number of hydrogen-bond donors (Lipinski definition) is 0. The molecule has 214 valence electrons. The maximum Gasteiger partial charge on any atom is 0.0537 e. The lowest BCUT2D eigenvalue weighted by atomic mass is 10.0. The molecule has 2 heteroatoms. The van der Waals surface area contributed by atoms with E-state index in [1.54, 1.807) is 0 Å². The van der Waals surface area contributed by atoms with Gasteiger partial charge in [0, 0.05) is 45.5 Å². The molecule has 1 atom stereocenters. The van der Waals surface area contributed by atoms with Crippen LogP contribution in [0.2, 0.25) is 0 Å². The largest absolute Gasteiger partial charge is 0.313 e. The van der Waals surface area contributed by atoms with Crippen LogP contribution < -0.4 is 0 Å². The first-order valence-electron chi connectivity index (χ1n) is 15.5. The van der Waals surface area contributed by atoms with Gasteiger partial charge in [0.05, 0.1) is 11.0 Å². The van der Waals surface area contributed by atoms with E-state index in [1.807, 2.05) is 13.8 Å². The lowest BCUT2D eigenvalue weighted by molar-refractivity contribution is 0.695. The van der Waals surface area contributed by atoms with E-state index in [-0.39, 0.29) is 0 Å². The van der Waals surface area contributed by atoms with Crippen LogP contribution in [-0.4, -0.2) is 9.13 Å². The molecule has 1 unspecified atom stereocenters. The minimum atomic E-state index is 0.411. The van der Waals surface area contributed by atoms with Gasteiger partial charge in [-0.1, -0.05) is 112 Å². The Morgan fingerprint density at radius 2 is 1.28 bits per heavy atom. The molecule has 0 saturated carbocycles. The number of allylic oxidation sites excluding steroid dienone is 4. The highest BCUT2D eigenvalue weighted by atomic mass is 15.0. The summed E-state index contributed by atoms with van der Waals surface area (Å²) in [6, 6.07) is 35.5. The Hall–Kier alpha value is -4.82. The molecule has 0 saturated heterocycles. The van der Waals surface area contributed by atoms with Crippen molar-refractivity contribution in [3.05, 3.63) is 150 Å². The smallest absolute Gasteiger partial charge is 0.0537 e. The van der Waals surface area contributed by atoms with E-state index in [0.717, 1.165) is 12.8 Å². The molecule has 0 amide bonds. The van der Waals surface area contributed by atoms with Gasteiger partial charge in [-0.3, -0.25) is 0 Å². The monoisotopic (exact) mass is 560 g/mol. The first-order valence-corrected chi connectivity index (χ1v) is 15.5. The Bertz CT molecular complexity index is 1960. The standard InChI is InChI=1S/C39H34N2.C2H6/c1-4-27(2)26-39-28(3)33-12-8-10-16-36(33)41(39)32-24-20-30(21-25-32)29-18-22-31(23-19-29)40-37-15-7-5-6-13-34(37)35-14-9-11-17-38(35)40;1-2/h4-14,16-25,27H,1,15,26H2,2-3H3;1-2H3. The summed E-state index contributed by atoms with van der Waals surface area (Å²) in [5, 5.41) is 2.62. The number of nitrogens with zero attached hydrogens (tertiary/aromatic N) is 2. The van der Waals surface area contributed by atoms with Crippen molar-refractivity contribution < 1.29 is 0 Å². The number of benzene rings is 4. The van der Waals surface area contributed by atoms with Gasteiger partial charge in [0.25, 0.3) is 0 Å². The SMILES string of the molecule is C=CC(C)Cc1c(C)c2ccccc2n1-c1ccc(-c2ccc(-n3c4c(c5ccccc53)C=CC=CC4)cc2)cc1.CC. The highest BCUT2D eigenvalue weighted by molar-refractivity contribution is 5.93. The molecule has 7 rings (SSSR count). The molecule has 2 aromatic heterocycles. The van der Waals surface area contributed by atoms with Crippen LogP contribution in [0.1, 0.15) is 43.3 Å². The second-order valence-corrected chi connectivity index (χ2v) is 11.1. The van der Waals surface area contributed by atoms with E-state index >= 15 is 0 Å². The Kier molecular flexibility index (Phi) is 8.03. The second kappa shape index (κ2) is 12.2. The first kappa shape index (κ1) is 28.3. The van der Waals surface area contributed by atoms with E-state index < -0.39 is 0 Å². The third kappa shape index (κ3) is 5.08. The molecule has 2 heterocycles. The van der Waals surface area contributed by atoms with Gasteiger partial charge in [0.2, 0.25) is 0 Å². The summed E-state index contributed by atoms with van der Waals surface area (Å²) >= 11 is 0. The van der Waals surface area contributed by atoms with Gasteiger partial charge < -0.3 is 9.13 Å². The lowest BCUT2D eigenvalue weighted by Gasteiger charge is -2.15. The molecule has 0 fully saturated rings. The van der Waals surface area contributed by atoms with Crippen molar-refractivity contribution >= 4 is 27.9 Å². The third-order valence-corrected chi connectivity index (χ3v) is 8.59. The fourth-order valence-electron chi connectivity index (χ4n) is 6.40. The molecule has 43 heavy (non-hydrogen) atoms. The normalized spacial score (nSPS) is 12.9. The summed E-state index contributed by atoms with van der Waals surface area (Å²) in [7, 11) is 0. The van der Waals surface area contributed by atoms with Crippen LogP contribution in [-0.2, 0) is 12.8 Å². The molecule has 0 radical (unpaired) electrons. The molecule has 0 spiro atoms. The zero-order valence-corrected chi connectivity index (χ0v) is 25.7. The number of fused-ring (bicyclic) bond motifs is 4. The fraction of sp³-hybridized carbons (Fsp3) is 0.171. The Balaban J connectivity index is 0.00000161. The van der Waals surface area contributed by atoms with Crippen LogP contribution in [0.25, 0.3) is 50.4 Å². The number of para-hydroxylation sites is 2. The molecule has 2 nitrogen and oxygen atoms in total. The van der Waals surface area contributed by atoms with Crippen LogP contribution in [0.15, 0.2) is 128 Å². The molecule has 4 aromatic carbocycles. The maximum absolute atomic E-state index is 4.03. The maximum atomic E-state index is 4.03. The van der Waals surface area contributed by atoms with Crippen molar-refractivity contribution in [1.29, 1.82) is 0 Å². The van der Waals surface area contributed by atoms with E-state index in [1.165, 1.54) is 66.8 Å². The number of rotatable bonds is 6. The van der Waals surface area contributed by atoms with Gasteiger partial charge >= 0.3 is 0 Å². The Labute approximate surface area is 255 Å². The van der Waals surface area contributed by atoms with E-state index in [9.17, 15) is 0 Å². The molecule has 1 aliphatic carbocycles. The topological polar surface area (TPSA) is 9.86 Å². The number of aromatic nitrogens is 2. The van der Waals surface area contributed by atoms with Gasteiger partial charge in [-0.15, -0.1) is 6.58 Å². The molecule has 1 aliphatic rings. The van der Waals surface area contributed by atoms with Gasteiger partial charge in [-0.05, 0) is 72.4 Å². The average Bonchev–Trinajstić information content (AvgIpc) is 3.39. The number of aryl methyl sites for hydroxylation is 1. The van der Waals surface area contributed by atoms with Gasteiger partial charge in [-0.2, -0.15) is 0 Å². The van der Waals surface area contributed by atoms with E-state index in [0.29, 0.717) is 5.92 Å². The van der Waals surface area contributed by atoms with E-state index in [4.69, 9.17) is 0 Å². The van der Waals surface area contributed by atoms with Crippen LogP contribution in [0, 0.1) is 12.8 Å². The Morgan fingerprint density at radius 3 is 1.91 bits per heavy atom. The van der Waals surface area contributed by atoms with Crippen LogP contribution in [0.4, 0.5) is 0 Å². The first-order chi connectivity index (χ1) is 21.1. The van der Waals surface area contributed by atoms with Crippen molar-refractivity contribution in [2.24, 2.45) is 5.92 Å². The Morgan fingerprint density at radius 1 is 0.721 bits per heavy atom. The summed E-state index contributed by atoms with van der Waals surface area (Å²) in [6.45, 7) is 12.5. The summed E-state index contributed by atoms with van der Waals surface area (Å²) < 4.78 is 4.85. The molecular formula is C41H40N2. The van der Waals surface area contributed by atoms with E-state index in [2.05, 4.69) is 157 Å². The highest BCUT2D eigenvalue weighted by Crippen LogP contribution is 2.34. The zero-order valence-electron chi connectivity index (χ0n) is 25.7. The fourth-order valence-corrected chi connectivity index (χ4v) is 6.40. The third-order valence-electron chi connectivity index (χ3n) is 8.59. The summed E-state index contributed by atoms with van der Waals surface area (Å²) in [4.78, 5) is 0. The van der Waals surface area contributed by atoms with Crippen LogP contribution in [0.3, 0.4) is 0 Å². The zero-order chi connectivity index (χ0) is 29.9. The van der Waals surface area contributed by atoms with Crippen molar-refractivity contribution in [1.82, 2.24) is 9.13 Å². The van der Waals surface area contributed by atoms with Crippen molar-refractivity contribution in [2.75, 3.05) is 0 Å². The molecule has 6 aromatic rings. The predicted molar refractivity (Wildman–Crippen MR) is 187 cm³/mol. The molecule has 0 bridgehead atoms. The summed E-state index contributed by atoms with van der Waals surface area (Å²) in [5.41, 5.74) is 12.7. The molecule has 0 aliphatic heterocycles. The van der Waals surface area contributed by atoms with Crippen molar-refractivity contribution in [3.63, 3.8) is 0 Å². The lowest BCUT2D eigenvalue weighted by Crippen LogP contribution is -2.05. The summed E-state index contributed by atoms with van der Waals surface area (Å²) in [5.74, 6) is 0.411. The average molecular weight is 561 g/mol. The predicted octanol–water partition coefficient (Wildman–Crippen LogP) is 11.1. The minimum absolute atomic E-state index is 0.411. The highest BCUT2D eigenvalue weighted by Gasteiger charge is 2.18. The van der Waals surface area contributed by atoms with Crippen LogP contribution in [0.5, 0.6) is 0 Å². The summed E-state index contributed by atoms with van der Waals surface area (Å²) in [6.07, 6.45) is 12.7. The van der Waals surface area contributed by atoms with Gasteiger partial charge in [-0.25, -0.2) is 0 Å². The van der Waals surface area contributed by atoms with Gasteiger partial charge in [0.15, 0.2) is 0 Å². The second-order valence-electron chi connectivity index (χ2n) is 11.1. The molecule has 0 N–H and O–H groups in total. The quantitative estimate of drug-likeness (QED) is 0.179. The number of hydrogen-bond acceptors (Lipinski definition) is 0. The van der Waals surface area contributed by atoms with Gasteiger partial charge in [0.1, 0.15) is 0 Å². The minimum Gasteiger partial charge on any atom is -0.313 e. The van der Waals surface area contributed by atoms with Crippen LogP contribution >= 0.6 is 0 Å². The molecular weight excluding hydrogens is 520 g/mol.